The first-order valence-electron chi connectivity index (χ1n) is 9.36. The number of nitrogens with zero attached hydrogens (tertiary/aromatic N) is 3. The van der Waals surface area contributed by atoms with Gasteiger partial charge in [0, 0.05) is 23.9 Å². The Morgan fingerprint density at radius 3 is 2.68 bits per heavy atom. The summed E-state index contributed by atoms with van der Waals surface area (Å²) in [5.74, 6) is -0.278. The highest BCUT2D eigenvalue weighted by Gasteiger charge is 2.36. The van der Waals surface area contributed by atoms with Crippen LogP contribution in [0.2, 0.25) is 5.02 Å². The number of hydrogen-bond acceptors (Lipinski definition) is 5. The Labute approximate surface area is 180 Å². The molecule has 1 aromatic carbocycles. The van der Waals surface area contributed by atoms with Gasteiger partial charge in [-0.1, -0.05) is 17.7 Å². The highest BCUT2D eigenvalue weighted by atomic mass is 35.5. The minimum absolute atomic E-state index is 0.00423. The molecule has 0 spiro atoms. The molecule has 2 amide bonds. The van der Waals surface area contributed by atoms with Gasteiger partial charge in [-0.2, -0.15) is 13.2 Å². The highest BCUT2D eigenvalue weighted by molar-refractivity contribution is 6.32. The van der Waals surface area contributed by atoms with E-state index in [4.69, 9.17) is 11.6 Å². The van der Waals surface area contributed by atoms with E-state index in [0.717, 1.165) is 0 Å². The molecular weight excluding hydrogens is 439 g/mol. The van der Waals surface area contributed by atoms with Crippen molar-refractivity contribution in [3.8, 4) is 5.75 Å². The van der Waals surface area contributed by atoms with Gasteiger partial charge in [0.05, 0.1) is 30.6 Å². The van der Waals surface area contributed by atoms with Gasteiger partial charge in [-0.25, -0.2) is 4.98 Å². The lowest BCUT2D eigenvalue weighted by atomic mass is 10.1. The fourth-order valence-corrected chi connectivity index (χ4v) is 3.92. The van der Waals surface area contributed by atoms with Gasteiger partial charge in [0.1, 0.15) is 11.6 Å². The maximum absolute atomic E-state index is 12.8. The third-order valence-corrected chi connectivity index (χ3v) is 5.32. The number of anilines is 1. The fourth-order valence-electron chi connectivity index (χ4n) is 3.66. The molecule has 1 saturated heterocycles. The number of amides is 2. The van der Waals surface area contributed by atoms with Crippen LogP contribution in [0.25, 0.3) is 0 Å². The van der Waals surface area contributed by atoms with Crippen LogP contribution in [0.15, 0.2) is 30.5 Å². The smallest absolute Gasteiger partial charge is 0.422 e. The Bertz CT molecular complexity index is 1050. The van der Waals surface area contributed by atoms with Crippen molar-refractivity contribution in [1.29, 1.82) is 0 Å². The summed E-state index contributed by atoms with van der Waals surface area (Å²) in [4.78, 5) is 32.1. The van der Waals surface area contributed by atoms with Crippen LogP contribution in [-0.2, 0) is 17.9 Å². The lowest BCUT2D eigenvalue weighted by Crippen LogP contribution is -2.27. The van der Waals surface area contributed by atoms with Crippen molar-refractivity contribution in [2.45, 2.75) is 31.8 Å². The van der Waals surface area contributed by atoms with Gasteiger partial charge in [0.25, 0.3) is 5.91 Å². The number of aromatic nitrogens is 1. The van der Waals surface area contributed by atoms with Crippen LogP contribution >= 0.6 is 11.6 Å². The third-order valence-electron chi connectivity index (χ3n) is 5.02. The molecule has 2 aliphatic heterocycles. The van der Waals surface area contributed by atoms with Gasteiger partial charge in [-0.05, 0) is 23.8 Å². The molecular formula is C20H17ClF3N3O4. The van der Waals surface area contributed by atoms with E-state index in [-0.39, 0.29) is 48.6 Å². The number of benzene rings is 1. The van der Waals surface area contributed by atoms with Gasteiger partial charge < -0.3 is 14.7 Å². The standard InChI is InChI=1S/C20H17ClF3N3O4/c21-15-5-11(1-2-16(15)31-10-20(22,23)24)7-26-9-14-13(19(26)30)3-4-25-18(14)27-8-12(28)6-17(27)29/h1-5,12,28H,6-10H2/t12-/m1/s1. The highest BCUT2D eigenvalue weighted by Crippen LogP contribution is 2.34. The topological polar surface area (TPSA) is 83.0 Å². The molecule has 0 saturated carbocycles. The summed E-state index contributed by atoms with van der Waals surface area (Å²) in [6.45, 7) is -0.985. The Kier molecular flexibility index (Phi) is 5.52. The monoisotopic (exact) mass is 455 g/mol. The zero-order valence-electron chi connectivity index (χ0n) is 16.0. The maximum atomic E-state index is 12.8. The van der Waals surface area contributed by atoms with Crippen molar-refractivity contribution in [2.24, 2.45) is 0 Å². The van der Waals surface area contributed by atoms with Crippen molar-refractivity contribution in [3.05, 3.63) is 52.2 Å². The molecule has 31 heavy (non-hydrogen) atoms. The molecule has 2 aliphatic rings. The normalized spacial score (nSPS) is 18.7. The molecule has 7 nitrogen and oxygen atoms in total. The summed E-state index contributed by atoms with van der Waals surface area (Å²) in [7, 11) is 0. The number of halogens is 4. The van der Waals surface area contributed by atoms with Crippen LogP contribution in [0.3, 0.4) is 0 Å². The quantitative estimate of drug-likeness (QED) is 0.749. The Hall–Kier alpha value is -2.85. The van der Waals surface area contributed by atoms with Crippen LogP contribution < -0.4 is 9.64 Å². The first kappa shape index (κ1) is 21.4. The van der Waals surface area contributed by atoms with E-state index in [2.05, 4.69) is 9.72 Å². The van der Waals surface area contributed by atoms with E-state index < -0.39 is 18.9 Å². The van der Waals surface area contributed by atoms with Crippen molar-refractivity contribution in [3.63, 3.8) is 0 Å². The van der Waals surface area contributed by atoms with Crippen LogP contribution in [0.1, 0.15) is 27.9 Å². The first-order chi connectivity index (χ1) is 14.6. The average molecular weight is 456 g/mol. The Morgan fingerprint density at radius 1 is 1.26 bits per heavy atom. The number of fused-ring (bicyclic) bond motifs is 1. The van der Waals surface area contributed by atoms with Gasteiger partial charge in [-0.3, -0.25) is 14.5 Å². The lowest BCUT2D eigenvalue weighted by Gasteiger charge is -2.19. The second kappa shape index (κ2) is 8.01. The predicted molar refractivity (Wildman–Crippen MR) is 104 cm³/mol. The fraction of sp³-hybridized carbons (Fsp3) is 0.350. The van der Waals surface area contributed by atoms with Gasteiger partial charge in [0.15, 0.2) is 6.61 Å². The number of β-amino-alcohol motifs (C(OH)–C–C–N with tert-alkyl or cyclic N) is 1. The molecule has 0 aliphatic carbocycles. The lowest BCUT2D eigenvalue weighted by molar-refractivity contribution is -0.153. The molecule has 1 fully saturated rings. The molecule has 0 bridgehead atoms. The second-order valence-electron chi connectivity index (χ2n) is 7.35. The molecule has 2 aromatic rings. The van der Waals surface area contributed by atoms with Crippen molar-refractivity contribution in [2.75, 3.05) is 18.1 Å². The van der Waals surface area contributed by atoms with Crippen molar-refractivity contribution < 1.29 is 32.6 Å². The van der Waals surface area contributed by atoms with Crippen molar-refractivity contribution in [1.82, 2.24) is 9.88 Å². The average Bonchev–Trinajstić information content (AvgIpc) is 3.19. The summed E-state index contributed by atoms with van der Waals surface area (Å²) in [6.07, 6.45) is -3.81. The summed E-state index contributed by atoms with van der Waals surface area (Å²) in [6, 6.07) is 5.88. The number of aliphatic hydroxyl groups is 1. The number of carbonyl (C=O) groups excluding carboxylic acids is 2. The molecule has 1 aromatic heterocycles. The zero-order chi connectivity index (χ0) is 22.3. The van der Waals surface area contributed by atoms with Crippen LogP contribution in [0, 0.1) is 0 Å². The summed E-state index contributed by atoms with van der Waals surface area (Å²) < 4.78 is 41.7. The molecule has 4 rings (SSSR count). The molecule has 1 N–H and O–H groups in total. The summed E-state index contributed by atoms with van der Waals surface area (Å²) in [5, 5.41) is 9.76. The van der Waals surface area contributed by atoms with E-state index >= 15 is 0 Å². The van der Waals surface area contributed by atoms with Gasteiger partial charge in [0.2, 0.25) is 5.91 Å². The van der Waals surface area contributed by atoms with Crippen LogP contribution in [0.4, 0.5) is 19.0 Å². The van der Waals surface area contributed by atoms with E-state index in [1.165, 1.54) is 34.2 Å². The van der Waals surface area contributed by atoms with E-state index in [1.807, 2.05) is 0 Å². The summed E-state index contributed by atoms with van der Waals surface area (Å²) in [5.41, 5.74) is 1.61. The SMILES string of the molecule is O=C1c2ccnc(N3C[C@H](O)CC3=O)c2CN1Cc1ccc(OCC(F)(F)F)c(Cl)c1. The minimum atomic E-state index is -4.48. The number of ether oxygens (including phenoxy) is 1. The predicted octanol–water partition coefficient (Wildman–Crippen LogP) is 2.93. The van der Waals surface area contributed by atoms with E-state index in [9.17, 15) is 27.9 Å². The molecule has 1 atom stereocenters. The summed E-state index contributed by atoms with van der Waals surface area (Å²) >= 11 is 6.04. The van der Waals surface area contributed by atoms with Crippen LogP contribution in [-0.4, -0.2) is 52.2 Å². The zero-order valence-corrected chi connectivity index (χ0v) is 16.8. The second-order valence-corrected chi connectivity index (χ2v) is 7.76. The maximum Gasteiger partial charge on any atom is 0.422 e. The number of carbonyl (C=O) groups is 2. The largest absolute Gasteiger partial charge is 0.483 e. The van der Waals surface area contributed by atoms with Crippen LogP contribution in [0.5, 0.6) is 5.75 Å². The molecule has 3 heterocycles. The number of hydrogen-bond donors (Lipinski definition) is 1. The Morgan fingerprint density at radius 2 is 2.03 bits per heavy atom. The van der Waals surface area contributed by atoms with Gasteiger partial charge in [-0.15, -0.1) is 0 Å². The molecule has 0 unspecified atom stereocenters. The van der Waals surface area contributed by atoms with E-state index in [1.54, 1.807) is 6.07 Å². The molecule has 164 valence electrons. The van der Waals surface area contributed by atoms with Gasteiger partial charge >= 0.3 is 6.18 Å². The van der Waals surface area contributed by atoms with Crippen molar-refractivity contribution >= 4 is 29.2 Å². The third kappa shape index (κ3) is 4.45. The number of rotatable bonds is 5. The van der Waals surface area contributed by atoms with E-state index in [0.29, 0.717) is 22.5 Å². The number of aliphatic hydroxyl groups excluding tert-OH is 1. The number of alkyl halides is 3. The first-order valence-corrected chi connectivity index (χ1v) is 9.74. The molecule has 11 heteroatoms. The number of pyridine rings is 1. The molecule has 0 radical (unpaired) electrons. The Balaban J connectivity index is 1.50. The minimum Gasteiger partial charge on any atom is -0.483 e.